The summed E-state index contributed by atoms with van der Waals surface area (Å²) in [4.78, 5) is 35.6. The number of Topliss-reactive ketones (excluding diaryl/α,β-unsaturated/α-hetero) is 1. The second-order valence-electron chi connectivity index (χ2n) is 6.07. The Morgan fingerprint density at radius 3 is 2.69 bits per heavy atom. The summed E-state index contributed by atoms with van der Waals surface area (Å²) in [5.74, 6) is -0.0106. The number of nitrogens with zero attached hydrogens (tertiary/aromatic N) is 3. The summed E-state index contributed by atoms with van der Waals surface area (Å²) in [6.45, 7) is 1.93. The van der Waals surface area contributed by atoms with Crippen LogP contribution >= 0.6 is 0 Å². The Morgan fingerprint density at radius 2 is 1.92 bits per heavy atom. The monoisotopic (exact) mass is 344 g/mol. The van der Waals surface area contributed by atoms with Gasteiger partial charge in [-0.3, -0.25) is 14.3 Å². The number of aromatic nitrogens is 4. The molecular formula is C20H16N4O2. The fourth-order valence-corrected chi connectivity index (χ4v) is 2.87. The largest absolute Gasteiger partial charge is 0.329 e. The number of hydrogen-bond acceptors (Lipinski definition) is 4. The highest BCUT2D eigenvalue weighted by Gasteiger charge is 2.12. The van der Waals surface area contributed by atoms with E-state index in [1.54, 1.807) is 22.9 Å². The summed E-state index contributed by atoms with van der Waals surface area (Å²) < 4.78 is 1.57. The number of hydrogen-bond donors (Lipinski definition) is 1. The first kappa shape index (κ1) is 16.0. The van der Waals surface area contributed by atoms with Gasteiger partial charge in [0.15, 0.2) is 17.1 Å². The molecule has 0 saturated heterocycles. The number of ketones is 1. The van der Waals surface area contributed by atoms with E-state index >= 15 is 0 Å². The van der Waals surface area contributed by atoms with Gasteiger partial charge in [-0.05, 0) is 18.6 Å². The van der Waals surface area contributed by atoms with Crippen LogP contribution in [0.15, 0.2) is 65.6 Å². The number of benzene rings is 2. The van der Waals surface area contributed by atoms with Gasteiger partial charge in [0.2, 0.25) is 0 Å². The molecule has 0 unspecified atom stereocenters. The Balaban J connectivity index is 1.82. The minimum absolute atomic E-state index is 0.0106. The molecule has 0 atom stereocenters. The van der Waals surface area contributed by atoms with Crippen molar-refractivity contribution < 1.29 is 4.79 Å². The molecule has 6 heteroatoms. The molecule has 0 aliphatic carbocycles. The molecule has 0 aliphatic heterocycles. The zero-order valence-corrected chi connectivity index (χ0v) is 14.1. The second-order valence-corrected chi connectivity index (χ2v) is 6.07. The van der Waals surface area contributed by atoms with Crippen molar-refractivity contribution in [2.24, 2.45) is 0 Å². The van der Waals surface area contributed by atoms with Crippen LogP contribution in [0.2, 0.25) is 0 Å². The van der Waals surface area contributed by atoms with Gasteiger partial charge < -0.3 is 0 Å². The van der Waals surface area contributed by atoms with E-state index < -0.39 is 0 Å². The van der Waals surface area contributed by atoms with E-state index in [2.05, 4.69) is 15.0 Å². The average molecular weight is 344 g/mol. The molecule has 26 heavy (non-hydrogen) atoms. The molecular weight excluding hydrogens is 328 g/mol. The maximum Gasteiger partial charge on any atom is 0.329 e. The van der Waals surface area contributed by atoms with E-state index in [1.165, 1.54) is 6.92 Å². The molecule has 128 valence electrons. The Hall–Kier alpha value is -3.54. The van der Waals surface area contributed by atoms with Crippen molar-refractivity contribution in [2.75, 3.05) is 0 Å². The lowest BCUT2D eigenvalue weighted by Crippen LogP contribution is -2.17. The van der Waals surface area contributed by atoms with Crippen molar-refractivity contribution in [3.63, 3.8) is 0 Å². The van der Waals surface area contributed by atoms with Crippen LogP contribution in [0.1, 0.15) is 22.8 Å². The van der Waals surface area contributed by atoms with E-state index in [-0.39, 0.29) is 11.5 Å². The number of imidazole rings is 1. The van der Waals surface area contributed by atoms with Crippen LogP contribution in [0, 0.1) is 0 Å². The topological polar surface area (TPSA) is 80.6 Å². The van der Waals surface area contributed by atoms with Crippen LogP contribution < -0.4 is 5.69 Å². The highest BCUT2D eigenvalue weighted by Crippen LogP contribution is 2.20. The van der Waals surface area contributed by atoms with Crippen LogP contribution in [0.25, 0.3) is 22.6 Å². The maximum absolute atomic E-state index is 12.3. The molecule has 0 aliphatic rings. The van der Waals surface area contributed by atoms with Crippen molar-refractivity contribution in [1.82, 2.24) is 19.5 Å². The quantitative estimate of drug-likeness (QED) is 0.577. The van der Waals surface area contributed by atoms with Crippen molar-refractivity contribution in [1.29, 1.82) is 0 Å². The van der Waals surface area contributed by atoms with Gasteiger partial charge in [0.25, 0.3) is 0 Å². The van der Waals surface area contributed by atoms with Gasteiger partial charge in [0.05, 0.1) is 18.4 Å². The van der Waals surface area contributed by atoms with E-state index in [1.807, 2.05) is 42.5 Å². The third-order valence-corrected chi connectivity index (χ3v) is 4.23. The standard InChI is InChI=1S/C20H16N4O2/c1-13(25)15-8-5-9-16(10-15)17-11-21-18-19(22-17)24(20(26)23-18)12-14-6-3-2-4-7-14/h2-11H,12H2,1H3,(H,21,23,26). The third kappa shape index (κ3) is 2.93. The molecule has 4 aromatic rings. The van der Waals surface area contributed by atoms with E-state index in [9.17, 15) is 9.59 Å². The molecule has 4 rings (SSSR count). The number of H-pyrrole nitrogens is 1. The molecule has 0 spiro atoms. The number of nitrogens with one attached hydrogen (secondary N) is 1. The summed E-state index contributed by atoms with van der Waals surface area (Å²) in [6, 6.07) is 16.9. The highest BCUT2D eigenvalue weighted by atomic mass is 16.1. The summed E-state index contributed by atoms with van der Waals surface area (Å²) >= 11 is 0. The predicted molar refractivity (Wildman–Crippen MR) is 99.1 cm³/mol. The number of fused-ring (bicyclic) bond motifs is 1. The normalized spacial score (nSPS) is 11.0. The molecule has 2 aromatic carbocycles. The summed E-state index contributed by atoms with van der Waals surface area (Å²) in [7, 11) is 0. The Bertz CT molecular complexity index is 1160. The Kier molecular flexibility index (Phi) is 3.93. The number of carbonyl (C=O) groups is 1. The molecule has 0 bridgehead atoms. The predicted octanol–water partition coefficient (Wildman–Crippen LogP) is 3.04. The van der Waals surface area contributed by atoms with Crippen molar-refractivity contribution in [3.8, 4) is 11.3 Å². The molecule has 6 nitrogen and oxygen atoms in total. The molecule has 0 amide bonds. The van der Waals surface area contributed by atoms with Crippen LogP contribution in [-0.2, 0) is 6.54 Å². The van der Waals surface area contributed by atoms with Gasteiger partial charge in [-0.2, -0.15) is 0 Å². The first-order chi connectivity index (χ1) is 12.6. The smallest absolute Gasteiger partial charge is 0.295 e. The average Bonchev–Trinajstić information content (AvgIpc) is 2.97. The fraction of sp³-hybridized carbons (Fsp3) is 0.100. The molecule has 0 saturated carbocycles. The molecule has 1 N–H and O–H groups in total. The summed E-state index contributed by atoms with van der Waals surface area (Å²) in [5, 5.41) is 0. The summed E-state index contributed by atoms with van der Waals surface area (Å²) in [5.41, 5.74) is 3.69. The zero-order valence-electron chi connectivity index (χ0n) is 14.1. The lowest BCUT2D eigenvalue weighted by Gasteiger charge is -2.05. The SMILES string of the molecule is CC(=O)c1cccc(-c2cnc3[nH]c(=O)n(Cc4ccccc4)c3n2)c1. The highest BCUT2D eigenvalue weighted by molar-refractivity contribution is 5.95. The number of rotatable bonds is 4. The number of carbonyl (C=O) groups excluding carboxylic acids is 1. The Labute approximate surface area is 149 Å². The van der Waals surface area contributed by atoms with Gasteiger partial charge in [0, 0.05) is 11.1 Å². The van der Waals surface area contributed by atoms with Crippen molar-refractivity contribution >= 4 is 17.1 Å². The molecule has 2 heterocycles. The van der Waals surface area contributed by atoms with Gasteiger partial charge >= 0.3 is 5.69 Å². The van der Waals surface area contributed by atoms with E-state index in [4.69, 9.17) is 0 Å². The van der Waals surface area contributed by atoms with Gasteiger partial charge in [-0.15, -0.1) is 0 Å². The Morgan fingerprint density at radius 1 is 1.12 bits per heavy atom. The van der Waals surface area contributed by atoms with Gasteiger partial charge in [-0.25, -0.2) is 14.8 Å². The minimum Gasteiger partial charge on any atom is -0.295 e. The van der Waals surface area contributed by atoms with Gasteiger partial charge in [-0.1, -0.05) is 48.5 Å². The lowest BCUT2D eigenvalue weighted by atomic mass is 10.1. The first-order valence-corrected chi connectivity index (χ1v) is 8.22. The lowest BCUT2D eigenvalue weighted by molar-refractivity contribution is 0.101. The molecule has 0 fully saturated rings. The minimum atomic E-state index is -0.251. The number of aromatic amines is 1. The summed E-state index contributed by atoms with van der Waals surface area (Å²) in [6.07, 6.45) is 1.60. The van der Waals surface area contributed by atoms with Crippen LogP contribution in [0.3, 0.4) is 0 Å². The van der Waals surface area contributed by atoms with Crippen LogP contribution in [0.5, 0.6) is 0 Å². The fourth-order valence-electron chi connectivity index (χ4n) is 2.87. The van der Waals surface area contributed by atoms with Gasteiger partial charge in [0.1, 0.15) is 0 Å². The molecule has 0 radical (unpaired) electrons. The van der Waals surface area contributed by atoms with E-state index in [0.29, 0.717) is 29.1 Å². The van der Waals surface area contributed by atoms with E-state index in [0.717, 1.165) is 11.1 Å². The first-order valence-electron chi connectivity index (χ1n) is 8.22. The second kappa shape index (κ2) is 6.40. The zero-order chi connectivity index (χ0) is 18.1. The van der Waals surface area contributed by atoms with Crippen LogP contribution in [-0.4, -0.2) is 25.3 Å². The van der Waals surface area contributed by atoms with Crippen molar-refractivity contribution in [3.05, 3.63) is 82.4 Å². The molecule has 2 aromatic heterocycles. The third-order valence-electron chi connectivity index (χ3n) is 4.23. The van der Waals surface area contributed by atoms with Crippen LogP contribution in [0.4, 0.5) is 0 Å². The maximum atomic E-state index is 12.3. The van der Waals surface area contributed by atoms with Crippen molar-refractivity contribution in [2.45, 2.75) is 13.5 Å².